The number of carbonyl (C=O) groups excluding carboxylic acids is 5. The summed E-state index contributed by atoms with van der Waals surface area (Å²) in [7, 11) is 1.20. The van der Waals surface area contributed by atoms with Crippen molar-refractivity contribution in [2.75, 3.05) is 20.2 Å². The van der Waals surface area contributed by atoms with E-state index in [0.717, 1.165) is 12.0 Å². The number of methoxy groups -OCH3 is 1. The minimum atomic E-state index is -1.18. The highest BCUT2D eigenvalue weighted by atomic mass is 16.6. The molecule has 37 heavy (non-hydrogen) atoms. The van der Waals surface area contributed by atoms with Gasteiger partial charge in [0.15, 0.2) is 0 Å². The van der Waals surface area contributed by atoms with Crippen molar-refractivity contribution in [1.82, 2.24) is 15.5 Å². The Kier molecular flexibility index (Phi) is 12.6. The molecular formula is C26H40N4O7. The van der Waals surface area contributed by atoms with Crippen LogP contribution >= 0.6 is 0 Å². The second kappa shape index (κ2) is 14.8. The quantitative estimate of drug-likeness (QED) is 0.336. The number of benzene rings is 1. The van der Waals surface area contributed by atoms with Crippen LogP contribution in [0.3, 0.4) is 0 Å². The molecule has 1 rings (SSSR count). The van der Waals surface area contributed by atoms with Crippen LogP contribution in [0.5, 0.6) is 0 Å². The van der Waals surface area contributed by atoms with E-state index in [9.17, 15) is 24.0 Å². The zero-order valence-corrected chi connectivity index (χ0v) is 22.6. The zero-order chi connectivity index (χ0) is 28.2. The van der Waals surface area contributed by atoms with E-state index in [1.807, 2.05) is 26.0 Å². The molecule has 4 amide bonds. The van der Waals surface area contributed by atoms with E-state index in [2.05, 4.69) is 15.4 Å². The molecule has 0 aromatic heterocycles. The van der Waals surface area contributed by atoms with Gasteiger partial charge >= 0.3 is 12.1 Å². The Bertz CT molecular complexity index is 941. The molecule has 0 fully saturated rings. The molecular weight excluding hydrogens is 480 g/mol. The maximum Gasteiger partial charge on any atom is 0.408 e. The highest BCUT2D eigenvalue weighted by Gasteiger charge is 2.36. The van der Waals surface area contributed by atoms with E-state index in [-0.39, 0.29) is 25.9 Å². The molecule has 1 aromatic rings. The number of carbonyl (C=O) groups is 5. The van der Waals surface area contributed by atoms with Crippen molar-refractivity contribution in [3.05, 3.63) is 35.4 Å². The first-order chi connectivity index (χ1) is 17.3. The molecule has 11 heteroatoms. The SMILES string of the molecule is CCCCN(C(=O)C(CCC(N)=O)NC(=O)OC(C)(C)C)C(C(=O)NCC(=O)OC)c1ccc(C)cc1. The number of nitrogens with zero attached hydrogens (tertiary/aromatic N) is 1. The first-order valence-corrected chi connectivity index (χ1v) is 12.3. The largest absolute Gasteiger partial charge is 0.468 e. The summed E-state index contributed by atoms with van der Waals surface area (Å²) in [5.41, 5.74) is 5.96. The third kappa shape index (κ3) is 11.3. The molecule has 206 valence electrons. The third-order valence-electron chi connectivity index (χ3n) is 5.29. The van der Waals surface area contributed by atoms with Crippen molar-refractivity contribution in [2.45, 2.75) is 78.0 Å². The fourth-order valence-corrected chi connectivity index (χ4v) is 3.44. The summed E-state index contributed by atoms with van der Waals surface area (Å²) >= 11 is 0. The van der Waals surface area contributed by atoms with Gasteiger partial charge in [-0.25, -0.2) is 4.79 Å². The smallest absolute Gasteiger partial charge is 0.408 e. The first-order valence-electron chi connectivity index (χ1n) is 12.3. The number of hydrogen-bond acceptors (Lipinski definition) is 7. The van der Waals surface area contributed by atoms with Crippen LogP contribution in [0, 0.1) is 6.92 Å². The Morgan fingerprint density at radius 1 is 1.08 bits per heavy atom. The van der Waals surface area contributed by atoms with Gasteiger partial charge in [0.05, 0.1) is 7.11 Å². The van der Waals surface area contributed by atoms with E-state index in [4.69, 9.17) is 10.5 Å². The summed E-state index contributed by atoms with van der Waals surface area (Å²) in [5, 5.41) is 5.06. The molecule has 4 N–H and O–H groups in total. The van der Waals surface area contributed by atoms with Gasteiger partial charge in [-0.2, -0.15) is 0 Å². The van der Waals surface area contributed by atoms with Crippen LogP contribution in [0.2, 0.25) is 0 Å². The minimum Gasteiger partial charge on any atom is -0.468 e. The summed E-state index contributed by atoms with van der Waals surface area (Å²) < 4.78 is 9.91. The Morgan fingerprint density at radius 3 is 2.22 bits per heavy atom. The number of ether oxygens (including phenoxy) is 2. The summed E-state index contributed by atoms with van der Waals surface area (Å²) in [6.07, 6.45) is 0.193. The first kappa shape index (κ1) is 31.4. The minimum absolute atomic E-state index is 0.0829. The van der Waals surface area contributed by atoms with Crippen LogP contribution in [0.15, 0.2) is 24.3 Å². The van der Waals surface area contributed by atoms with Crippen molar-refractivity contribution in [2.24, 2.45) is 5.73 Å². The van der Waals surface area contributed by atoms with Crippen molar-refractivity contribution in [3.63, 3.8) is 0 Å². The highest BCUT2D eigenvalue weighted by molar-refractivity contribution is 5.93. The molecule has 2 atom stereocenters. The molecule has 0 aliphatic heterocycles. The number of alkyl carbamates (subject to hydrolysis) is 1. The molecule has 0 aliphatic carbocycles. The molecule has 0 heterocycles. The summed E-state index contributed by atoms with van der Waals surface area (Å²) in [4.78, 5) is 64.3. The maximum absolute atomic E-state index is 13.9. The number of esters is 1. The topological polar surface area (TPSA) is 157 Å². The van der Waals surface area contributed by atoms with E-state index in [1.165, 1.54) is 12.0 Å². The lowest BCUT2D eigenvalue weighted by Crippen LogP contribution is -2.53. The third-order valence-corrected chi connectivity index (χ3v) is 5.29. The number of rotatable bonds is 13. The molecule has 0 aliphatic rings. The summed E-state index contributed by atoms with van der Waals surface area (Å²) in [6, 6.07) is 4.78. The van der Waals surface area contributed by atoms with Crippen LogP contribution in [-0.4, -0.2) is 66.5 Å². The van der Waals surface area contributed by atoms with Crippen LogP contribution in [0.25, 0.3) is 0 Å². The number of primary amides is 1. The van der Waals surface area contributed by atoms with Crippen molar-refractivity contribution >= 4 is 29.8 Å². The molecule has 2 unspecified atom stereocenters. The van der Waals surface area contributed by atoms with Gasteiger partial charge in [0.25, 0.3) is 0 Å². The Hall–Kier alpha value is -3.63. The standard InChI is InChI=1S/C26H40N4O7/c1-7-8-15-30(24(34)19(13-14-20(27)31)29-25(35)37-26(3,4)5)22(18-11-9-17(2)10-12-18)23(33)28-16-21(32)36-6/h9-12,19,22H,7-8,13-16H2,1-6H3,(H2,27,31)(H,28,33)(H,29,35). The lowest BCUT2D eigenvalue weighted by Gasteiger charge is -2.34. The molecule has 0 spiro atoms. The van der Waals surface area contributed by atoms with Gasteiger partial charge < -0.3 is 30.7 Å². The number of amides is 4. The fourth-order valence-electron chi connectivity index (χ4n) is 3.44. The van der Waals surface area contributed by atoms with Gasteiger partial charge in [-0.05, 0) is 46.1 Å². The average molecular weight is 521 g/mol. The average Bonchev–Trinajstić information content (AvgIpc) is 2.81. The zero-order valence-electron chi connectivity index (χ0n) is 22.6. The van der Waals surface area contributed by atoms with E-state index >= 15 is 0 Å². The maximum atomic E-state index is 13.9. The van der Waals surface area contributed by atoms with Crippen LogP contribution in [0.1, 0.15) is 70.5 Å². The Balaban J connectivity index is 3.45. The van der Waals surface area contributed by atoms with Crippen LogP contribution in [0.4, 0.5) is 4.79 Å². The number of unbranched alkanes of at least 4 members (excludes halogenated alkanes) is 1. The molecule has 0 radical (unpaired) electrons. The van der Waals surface area contributed by atoms with Crippen LogP contribution < -0.4 is 16.4 Å². The second-order valence-corrected chi connectivity index (χ2v) is 9.70. The predicted molar refractivity (Wildman–Crippen MR) is 137 cm³/mol. The predicted octanol–water partition coefficient (Wildman–Crippen LogP) is 2.11. The lowest BCUT2D eigenvalue weighted by molar-refractivity contribution is -0.145. The van der Waals surface area contributed by atoms with Crippen molar-refractivity contribution in [1.29, 1.82) is 0 Å². The number of nitrogens with two attached hydrogens (primary N) is 1. The van der Waals surface area contributed by atoms with Crippen molar-refractivity contribution < 1.29 is 33.4 Å². The summed E-state index contributed by atoms with van der Waals surface area (Å²) in [5.74, 6) is -2.47. The lowest BCUT2D eigenvalue weighted by atomic mass is 10.00. The van der Waals surface area contributed by atoms with Gasteiger partial charge in [-0.15, -0.1) is 0 Å². The normalized spacial score (nSPS) is 12.6. The molecule has 1 aromatic carbocycles. The molecule has 0 saturated carbocycles. The Labute approximate surface area is 218 Å². The van der Waals surface area contributed by atoms with E-state index in [1.54, 1.807) is 32.9 Å². The van der Waals surface area contributed by atoms with Gasteiger partial charge in [-0.3, -0.25) is 19.2 Å². The van der Waals surface area contributed by atoms with Gasteiger partial charge in [0, 0.05) is 13.0 Å². The summed E-state index contributed by atoms with van der Waals surface area (Å²) in [6.45, 7) is 8.67. The number of nitrogens with one attached hydrogen (secondary N) is 2. The van der Waals surface area contributed by atoms with E-state index < -0.39 is 47.5 Å². The molecule has 0 saturated heterocycles. The van der Waals surface area contributed by atoms with Gasteiger partial charge in [0.2, 0.25) is 17.7 Å². The van der Waals surface area contributed by atoms with Crippen molar-refractivity contribution in [3.8, 4) is 0 Å². The highest BCUT2D eigenvalue weighted by Crippen LogP contribution is 2.24. The molecule has 11 nitrogen and oxygen atoms in total. The fraction of sp³-hybridized carbons (Fsp3) is 0.577. The van der Waals surface area contributed by atoms with Crippen LogP contribution in [-0.2, 0) is 28.7 Å². The number of aryl methyl sites for hydroxylation is 1. The van der Waals surface area contributed by atoms with Gasteiger partial charge in [0.1, 0.15) is 24.2 Å². The second-order valence-electron chi connectivity index (χ2n) is 9.70. The van der Waals surface area contributed by atoms with Gasteiger partial charge in [-0.1, -0.05) is 43.2 Å². The van der Waals surface area contributed by atoms with E-state index in [0.29, 0.717) is 12.0 Å². The Morgan fingerprint density at radius 2 is 1.70 bits per heavy atom. The number of hydrogen-bond donors (Lipinski definition) is 3. The molecule has 0 bridgehead atoms. The monoisotopic (exact) mass is 520 g/mol.